The summed E-state index contributed by atoms with van der Waals surface area (Å²) in [6.45, 7) is 1.51. The molecule has 28 heavy (non-hydrogen) atoms. The van der Waals surface area contributed by atoms with Crippen molar-refractivity contribution in [2.45, 2.75) is 17.7 Å². The summed E-state index contributed by atoms with van der Waals surface area (Å²) in [4.78, 5) is 12.4. The summed E-state index contributed by atoms with van der Waals surface area (Å²) in [5.41, 5.74) is 0.942. The summed E-state index contributed by atoms with van der Waals surface area (Å²) in [7, 11) is -3.43. The van der Waals surface area contributed by atoms with Crippen LogP contribution in [0.1, 0.15) is 18.4 Å². The van der Waals surface area contributed by atoms with Gasteiger partial charge in [-0.3, -0.25) is 4.79 Å². The molecule has 5 nitrogen and oxygen atoms in total. The van der Waals surface area contributed by atoms with Gasteiger partial charge in [-0.15, -0.1) is 0 Å². The van der Waals surface area contributed by atoms with Crippen LogP contribution in [-0.2, 0) is 14.8 Å². The van der Waals surface area contributed by atoms with Crippen LogP contribution in [0.5, 0.6) is 0 Å². The maximum atomic E-state index is 12.7. The molecule has 1 fully saturated rings. The molecule has 0 spiro atoms. The van der Waals surface area contributed by atoms with E-state index in [1.807, 2.05) is 24.3 Å². The summed E-state index contributed by atoms with van der Waals surface area (Å²) in [5.74, 6) is 0.137. The smallest absolute Gasteiger partial charge is 0.244 e. The monoisotopic (exact) mass is 462 g/mol. The Labute approximate surface area is 174 Å². The number of carbonyl (C=O) groups is 1. The van der Waals surface area contributed by atoms with Gasteiger partial charge < -0.3 is 5.32 Å². The lowest BCUT2D eigenvalue weighted by atomic mass is 9.98. The lowest BCUT2D eigenvalue weighted by Crippen LogP contribution is -2.41. The van der Waals surface area contributed by atoms with Crippen molar-refractivity contribution in [1.29, 1.82) is 0 Å². The lowest BCUT2D eigenvalue weighted by molar-refractivity contribution is -0.116. The van der Waals surface area contributed by atoms with Gasteiger partial charge in [-0.25, -0.2) is 8.42 Å². The van der Waals surface area contributed by atoms with Gasteiger partial charge in [-0.2, -0.15) is 4.31 Å². The van der Waals surface area contributed by atoms with Crippen molar-refractivity contribution in [3.05, 3.63) is 70.7 Å². The molecule has 1 heterocycles. The second-order valence-electron chi connectivity index (χ2n) is 6.76. The fraction of sp³-hybridized carbons (Fsp3) is 0.286. The highest BCUT2D eigenvalue weighted by Gasteiger charge is 2.29. The quantitative estimate of drug-likeness (QED) is 0.665. The van der Waals surface area contributed by atoms with Gasteiger partial charge in [0.05, 0.1) is 4.90 Å². The second-order valence-corrected chi connectivity index (χ2v) is 9.55. The number of piperidine rings is 1. The van der Waals surface area contributed by atoms with Crippen LogP contribution in [0.3, 0.4) is 0 Å². The van der Waals surface area contributed by atoms with Gasteiger partial charge in [-0.1, -0.05) is 52.3 Å². The normalized spacial score (nSPS) is 16.3. The third-order valence-corrected chi connectivity index (χ3v) is 7.47. The van der Waals surface area contributed by atoms with Gasteiger partial charge in [0.1, 0.15) is 0 Å². The first-order valence-corrected chi connectivity index (χ1v) is 11.5. The van der Waals surface area contributed by atoms with Crippen molar-refractivity contribution in [3.63, 3.8) is 0 Å². The third kappa shape index (κ3) is 5.31. The van der Waals surface area contributed by atoms with E-state index in [9.17, 15) is 13.2 Å². The zero-order valence-electron chi connectivity index (χ0n) is 15.4. The number of hydrogen-bond acceptors (Lipinski definition) is 3. The van der Waals surface area contributed by atoms with E-state index < -0.39 is 10.0 Å². The Bertz CT molecular complexity index is 937. The minimum atomic E-state index is -3.43. The molecule has 7 heteroatoms. The van der Waals surface area contributed by atoms with E-state index >= 15 is 0 Å². The number of rotatable bonds is 6. The van der Waals surface area contributed by atoms with Crippen LogP contribution in [0.2, 0.25) is 0 Å². The fourth-order valence-electron chi connectivity index (χ4n) is 3.17. The Kier molecular flexibility index (Phi) is 7.04. The molecule has 1 aliphatic heterocycles. The van der Waals surface area contributed by atoms with E-state index in [0.717, 1.165) is 22.9 Å². The predicted molar refractivity (Wildman–Crippen MR) is 114 cm³/mol. The maximum absolute atomic E-state index is 12.7. The van der Waals surface area contributed by atoms with Crippen molar-refractivity contribution in [2.75, 3.05) is 19.6 Å². The van der Waals surface area contributed by atoms with Gasteiger partial charge in [0, 0.05) is 30.2 Å². The highest BCUT2D eigenvalue weighted by Crippen LogP contribution is 2.23. The minimum absolute atomic E-state index is 0.143. The molecule has 1 aliphatic rings. The average molecular weight is 463 g/mol. The van der Waals surface area contributed by atoms with Crippen molar-refractivity contribution >= 4 is 37.9 Å². The van der Waals surface area contributed by atoms with Gasteiger partial charge in [0.25, 0.3) is 0 Å². The standard InChI is InChI=1S/C21H23BrN2O3S/c22-20-9-5-4-6-18(20)10-11-21(25)23-16-17-12-14-24(15-13-17)28(26,27)19-7-2-1-3-8-19/h1-11,17H,12-16H2,(H,23,25)/b11-10+. The zero-order valence-corrected chi connectivity index (χ0v) is 17.8. The molecule has 2 aromatic carbocycles. The summed E-state index contributed by atoms with van der Waals surface area (Å²) in [5, 5.41) is 2.92. The summed E-state index contributed by atoms with van der Waals surface area (Å²) >= 11 is 3.45. The number of nitrogens with zero attached hydrogens (tertiary/aromatic N) is 1. The van der Waals surface area contributed by atoms with Gasteiger partial charge in [0.2, 0.25) is 15.9 Å². The van der Waals surface area contributed by atoms with Crippen molar-refractivity contribution < 1.29 is 13.2 Å². The van der Waals surface area contributed by atoms with E-state index in [1.54, 1.807) is 36.4 Å². The minimum Gasteiger partial charge on any atom is -0.352 e. The van der Waals surface area contributed by atoms with Crippen LogP contribution in [0.4, 0.5) is 0 Å². The van der Waals surface area contributed by atoms with E-state index in [-0.39, 0.29) is 11.8 Å². The van der Waals surface area contributed by atoms with Gasteiger partial charge in [0.15, 0.2) is 0 Å². The Morgan fingerprint density at radius 1 is 1.07 bits per heavy atom. The Morgan fingerprint density at radius 2 is 1.71 bits per heavy atom. The number of benzene rings is 2. The molecule has 3 rings (SSSR count). The SMILES string of the molecule is O=C(/C=C/c1ccccc1Br)NCC1CCN(S(=O)(=O)c2ccccc2)CC1. The predicted octanol–water partition coefficient (Wildman–Crippen LogP) is 3.68. The van der Waals surface area contributed by atoms with Crippen LogP contribution in [-0.4, -0.2) is 38.3 Å². The third-order valence-electron chi connectivity index (χ3n) is 4.84. The number of halogens is 1. The molecule has 1 saturated heterocycles. The first-order chi connectivity index (χ1) is 13.5. The molecular formula is C21H23BrN2O3S. The van der Waals surface area contributed by atoms with Gasteiger partial charge in [-0.05, 0) is 48.6 Å². The molecule has 0 bridgehead atoms. The molecule has 0 atom stereocenters. The van der Waals surface area contributed by atoms with Crippen molar-refractivity contribution in [3.8, 4) is 0 Å². The van der Waals surface area contributed by atoms with Crippen LogP contribution in [0.25, 0.3) is 6.08 Å². The molecule has 148 valence electrons. The molecule has 0 radical (unpaired) electrons. The molecule has 0 aromatic heterocycles. The molecular weight excluding hydrogens is 440 g/mol. The number of hydrogen-bond donors (Lipinski definition) is 1. The molecule has 0 saturated carbocycles. The molecule has 0 unspecified atom stereocenters. The first kappa shape index (κ1) is 20.8. The summed E-state index contributed by atoms with van der Waals surface area (Å²) in [6.07, 6.45) is 4.77. The Morgan fingerprint density at radius 3 is 2.39 bits per heavy atom. The van der Waals surface area contributed by atoms with Crippen LogP contribution >= 0.6 is 15.9 Å². The summed E-state index contributed by atoms with van der Waals surface area (Å²) < 4.78 is 27.8. The van der Waals surface area contributed by atoms with E-state index in [0.29, 0.717) is 24.5 Å². The highest BCUT2D eigenvalue weighted by molar-refractivity contribution is 9.10. The topological polar surface area (TPSA) is 66.5 Å². The zero-order chi connectivity index (χ0) is 20.0. The second kappa shape index (κ2) is 9.49. The van der Waals surface area contributed by atoms with Crippen LogP contribution in [0.15, 0.2) is 70.0 Å². The van der Waals surface area contributed by atoms with Gasteiger partial charge >= 0.3 is 0 Å². The lowest BCUT2D eigenvalue weighted by Gasteiger charge is -2.31. The van der Waals surface area contributed by atoms with Crippen molar-refractivity contribution in [2.24, 2.45) is 5.92 Å². The molecule has 2 aromatic rings. The fourth-order valence-corrected chi connectivity index (χ4v) is 5.08. The maximum Gasteiger partial charge on any atom is 0.244 e. The number of nitrogens with one attached hydrogen (secondary N) is 1. The van der Waals surface area contributed by atoms with E-state index in [1.165, 1.54) is 10.4 Å². The van der Waals surface area contributed by atoms with Crippen molar-refractivity contribution in [1.82, 2.24) is 9.62 Å². The Hall–Kier alpha value is -1.96. The van der Waals surface area contributed by atoms with Crippen LogP contribution < -0.4 is 5.32 Å². The van der Waals surface area contributed by atoms with Crippen LogP contribution in [0, 0.1) is 5.92 Å². The number of amides is 1. The molecule has 1 amide bonds. The van der Waals surface area contributed by atoms with E-state index in [2.05, 4.69) is 21.2 Å². The molecule has 0 aliphatic carbocycles. The average Bonchev–Trinajstić information content (AvgIpc) is 2.72. The largest absolute Gasteiger partial charge is 0.352 e. The highest BCUT2D eigenvalue weighted by atomic mass is 79.9. The number of carbonyl (C=O) groups excluding carboxylic acids is 1. The molecule has 1 N–H and O–H groups in total. The first-order valence-electron chi connectivity index (χ1n) is 9.22. The Balaban J connectivity index is 1.47. The summed E-state index contributed by atoms with van der Waals surface area (Å²) in [6, 6.07) is 16.2. The van der Waals surface area contributed by atoms with E-state index in [4.69, 9.17) is 0 Å². The number of sulfonamides is 1.